The summed E-state index contributed by atoms with van der Waals surface area (Å²) in [5, 5.41) is 9.44. The number of phenolic OH excluding ortho intramolecular Hbond substituents is 1. The van der Waals surface area contributed by atoms with Crippen molar-refractivity contribution >= 4 is 11.6 Å². The molecule has 2 aromatic carbocycles. The second kappa shape index (κ2) is 6.24. The van der Waals surface area contributed by atoms with Gasteiger partial charge in [-0.15, -0.1) is 0 Å². The summed E-state index contributed by atoms with van der Waals surface area (Å²) in [6, 6.07) is 14.7. The highest BCUT2D eigenvalue weighted by molar-refractivity contribution is 5.94. The smallest absolute Gasteiger partial charge is 0.231 e. The van der Waals surface area contributed by atoms with Crippen molar-refractivity contribution < 1.29 is 9.90 Å². The third-order valence-electron chi connectivity index (χ3n) is 3.23. The van der Waals surface area contributed by atoms with E-state index in [1.165, 1.54) is 5.56 Å². The summed E-state index contributed by atoms with van der Waals surface area (Å²) in [7, 11) is 0. The molecule has 20 heavy (non-hydrogen) atoms. The number of hydrogen-bond acceptors (Lipinski definition) is 2. The zero-order chi connectivity index (χ0) is 14.5. The summed E-state index contributed by atoms with van der Waals surface area (Å²) in [5.74, 6) is 0.218. The maximum Gasteiger partial charge on any atom is 0.231 e. The summed E-state index contributed by atoms with van der Waals surface area (Å²) >= 11 is 0. The van der Waals surface area contributed by atoms with Gasteiger partial charge in [0.2, 0.25) is 5.91 Å². The first-order valence-corrected chi connectivity index (χ1v) is 6.75. The van der Waals surface area contributed by atoms with Crippen LogP contribution >= 0.6 is 0 Å². The van der Waals surface area contributed by atoms with Gasteiger partial charge in [0.1, 0.15) is 5.75 Å². The van der Waals surface area contributed by atoms with Gasteiger partial charge < -0.3 is 10.0 Å². The molecule has 0 aliphatic rings. The van der Waals surface area contributed by atoms with Gasteiger partial charge in [-0.05, 0) is 43.7 Å². The van der Waals surface area contributed by atoms with Crippen molar-refractivity contribution in [3.8, 4) is 5.75 Å². The van der Waals surface area contributed by atoms with Gasteiger partial charge in [0.05, 0.1) is 6.42 Å². The van der Waals surface area contributed by atoms with Crippen molar-refractivity contribution in [2.45, 2.75) is 20.3 Å². The lowest BCUT2D eigenvalue weighted by molar-refractivity contribution is -0.117. The summed E-state index contributed by atoms with van der Waals surface area (Å²) in [6.45, 7) is 4.61. The number of aryl methyl sites for hydroxylation is 1. The second-order valence-corrected chi connectivity index (χ2v) is 4.82. The summed E-state index contributed by atoms with van der Waals surface area (Å²) in [5.41, 5.74) is 2.90. The normalized spacial score (nSPS) is 10.3. The molecule has 104 valence electrons. The van der Waals surface area contributed by atoms with E-state index in [-0.39, 0.29) is 18.1 Å². The number of carbonyl (C=O) groups excluding carboxylic acids is 1. The minimum absolute atomic E-state index is 0.0296. The number of carbonyl (C=O) groups is 1. The standard InChI is InChI=1S/C17H19NO2/c1-3-18(15-9-7-13(2)8-10-15)17(20)12-14-5-4-6-16(19)11-14/h4-11,19H,3,12H2,1-2H3. The molecule has 0 radical (unpaired) electrons. The largest absolute Gasteiger partial charge is 0.508 e. The van der Waals surface area contributed by atoms with E-state index >= 15 is 0 Å². The lowest BCUT2D eigenvalue weighted by atomic mass is 10.1. The first kappa shape index (κ1) is 14.1. The van der Waals surface area contributed by atoms with E-state index in [1.54, 1.807) is 23.1 Å². The molecule has 1 N–H and O–H groups in total. The van der Waals surface area contributed by atoms with E-state index < -0.39 is 0 Å². The first-order valence-electron chi connectivity index (χ1n) is 6.75. The average molecular weight is 269 g/mol. The molecular weight excluding hydrogens is 250 g/mol. The molecule has 3 heteroatoms. The topological polar surface area (TPSA) is 40.5 Å². The molecular formula is C17H19NO2. The van der Waals surface area contributed by atoms with Crippen molar-refractivity contribution in [3.05, 3.63) is 59.7 Å². The zero-order valence-electron chi connectivity index (χ0n) is 11.8. The molecule has 0 aliphatic carbocycles. The van der Waals surface area contributed by atoms with Gasteiger partial charge in [0.25, 0.3) is 0 Å². The Labute approximate surface area is 119 Å². The van der Waals surface area contributed by atoms with E-state index in [9.17, 15) is 9.90 Å². The van der Waals surface area contributed by atoms with E-state index in [2.05, 4.69) is 0 Å². The molecule has 2 aromatic rings. The highest BCUT2D eigenvalue weighted by atomic mass is 16.3. The maximum atomic E-state index is 12.4. The Kier molecular flexibility index (Phi) is 4.41. The Bertz CT molecular complexity index is 590. The van der Waals surface area contributed by atoms with Gasteiger partial charge in [0.15, 0.2) is 0 Å². The van der Waals surface area contributed by atoms with Crippen LogP contribution in [0.15, 0.2) is 48.5 Å². The molecule has 2 rings (SSSR count). The molecule has 0 saturated heterocycles. The van der Waals surface area contributed by atoms with Crippen LogP contribution in [0.25, 0.3) is 0 Å². The monoisotopic (exact) mass is 269 g/mol. The Morgan fingerprint density at radius 1 is 1.15 bits per heavy atom. The molecule has 0 atom stereocenters. The third-order valence-corrected chi connectivity index (χ3v) is 3.23. The second-order valence-electron chi connectivity index (χ2n) is 4.82. The van der Waals surface area contributed by atoms with Crippen LogP contribution in [0.4, 0.5) is 5.69 Å². The fourth-order valence-electron chi connectivity index (χ4n) is 2.16. The third kappa shape index (κ3) is 3.38. The zero-order valence-corrected chi connectivity index (χ0v) is 11.8. The van der Waals surface area contributed by atoms with Crippen LogP contribution < -0.4 is 4.90 Å². The van der Waals surface area contributed by atoms with Crippen LogP contribution in [-0.4, -0.2) is 17.6 Å². The Balaban J connectivity index is 2.15. The molecule has 0 saturated carbocycles. The van der Waals surface area contributed by atoms with Crippen LogP contribution in [0.3, 0.4) is 0 Å². The fourth-order valence-corrected chi connectivity index (χ4v) is 2.16. The molecule has 0 aliphatic heterocycles. The summed E-state index contributed by atoms with van der Waals surface area (Å²) in [4.78, 5) is 14.1. The number of nitrogens with zero attached hydrogens (tertiary/aromatic N) is 1. The first-order chi connectivity index (χ1) is 9.60. The number of amides is 1. The minimum atomic E-state index is 0.0296. The number of phenols is 1. The van der Waals surface area contributed by atoms with E-state index in [1.807, 2.05) is 44.2 Å². The summed E-state index contributed by atoms with van der Waals surface area (Å²) in [6.07, 6.45) is 0.288. The molecule has 0 fully saturated rings. The van der Waals surface area contributed by atoms with Crippen LogP contribution in [-0.2, 0) is 11.2 Å². The number of likely N-dealkylation sites (N-methyl/N-ethyl adjacent to an activating group) is 1. The van der Waals surface area contributed by atoms with Crippen molar-refractivity contribution in [2.75, 3.05) is 11.4 Å². The van der Waals surface area contributed by atoms with Crippen molar-refractivity contribution in [3.63, 3.8) is 0 Å². The van der Waals surface area contributed by atoms with Crippen LogP contribution in [0.2, 0.25) is 0 Å². The fraction of sp³-hybridized carbons (Fsp3) is 0.235. The quantitative estimate of drug-likeness (QED) is 0.925. The average Bonchev–Trinajstić information content (AvgIpc) is 2.42. The van der Waals surface area contributed by atoms with Gasteiger partial charge >= 0.3 is 0 Å². The number of hydrogen-bond donors (Lipinski definition) is 1. The lowest BCUT2D eigenvalue weighted by Gasteiger charge is -2.21. The maximum absolute atomic E-state index is 12.4. The van der Waals surface area contributed by atoms with Crippen LogP contribution in [0.5, 0.6) is 5.75 Å². The molecule has 0 aromatic heterocycles. The lowest BCUT2D eigenvalue weighted by Crippen LogP contribution is -2.31. The molecule has 0 bridgehead atoms. The molecule has 0 heterocycles. The van der Waals surface area contributed by atoms with Gasteiger partial charge in [-0.1, -0.05) is 29.8 Å². The van der Waals surface area contributed by atoms with Crippen LogP contribution in [0, 0.1) is 6.92 Å². The van der Waals surface area contributed by atoms with E-state index in [0.29, 0.717) is 6.54 Å². The van der Waals surface area contributed by atoms with E-state index in [4.69, 9.17) is 0 Å². The van der Waals surface area contributed by atoms with E-state index in [0.717, 1.165) is 11.3 Å². The van der Waals surface area contributed by atoms with Crippen LogP contribution in [0.1, 0.15) is 18.1 Å². The number of aromatic hydroxyl groups is 1. The van der Waals surface area contributed by atoms with Gasteiger partial charge in [-0.25, -0.2) is 0 Å². The highest BCUT2D eigenvalue weighted by Gasteiger charge is 2.14. The molecule has 0 unspecified atom stereocenters. The SMILES string of the molecule is CCN(C(=O)Cc1cccc(O)c1)c1ccc(C)cc1. The van der Waals surface area contributed by atoms with Gasteiger partial charge in [-0.3, -0.25) is 4.79 Å². The predicted molar refractivity (Wildman–Crippen MR) is 81.0 cm³/mol. The number of rotatable bonds is 4. The minimum Gasteiger partial charge on any atom is -0.508 e. The van der Waals surface area contributed by atoms with Crippen molar-refractivity contribution in [1.29, 1.82) is 0 Å². The molecule has 0 spiro atoms. The van der Waals surface area contributed by atoms with Gasteiger partial charge in [-0.2, -0.15) is 0 Å². The molecule has 1 amide bonds. The van der Waals surface area contributed by atoms with Crippen molar-refractivity contribution in [1.82, 2.24) is 0 Å². The Morgan fingerprint density at radius 3 is 2.45 bits per heavy atom. The van der Waals surface area contributed by atoms with Gasteiger partial charge in [0, 0.05) is 12.2 Å². The summed E-state index contributed by atoms with van der Waals surface area (Å²) < 4.78 is 0. The number of benzene rings is 2. The highest BCUT2D eigenvalue weighted by Crippen LogP contribution is 2.18. The Morgan fingerprint density at radius 2 is 1.85 bits per heavy atom. The predicted octanol–water partition coefficient (Wildman–Crippen LogP) is 3.30. The van der Waals surface area contributed by atoms with Crippen molar-refractivity contribution in [2.24, 2.45) is 0 Å². The molecule has 3 nitrogen and oxygen atoms in total. The Hall–Kier alpha value is -2.29. The number of anilines is 1.